The van der Waals surface area contributed by atoms with E-state index in [1.807, 2.05) is 30.3 Å². The molecule has 1 amide bonds. The lowest BCUT2D eigenvalue weighted by molar-refractivity contribution is -0.137. The maximum atomic E-state index is 11.8. The molecule has 0 bridgehead atoms. The minimum atomic E-state index is -0.868. The summed E-state index contributed by atoms with van der Waals surface area (Å²) in [6.07, 6.45) is 2.15. The zero-order chi connectivity index (χ0) is 14.4. The van der Waals surface area contributed by atoms with E-state index in [0.717, 1.165) is 5.69 Å². The predicted molar refractivity (Wildman–Crippen MR) is 72.8 cm³/mol. The largest absolute Gasteiger partial charge is 0.481 e. The number of carboxylic acid groups (broad SMARTS) is 1. The molecule has 2 N–H and O–H groups in total. The molecular weight excluding hydrogens is 258 g/mol. The van der Waals surface area contributed by atoms with E-state index in [-0.39, 0.29) is 12.3 Å². The van der Waals surface area contributed by atoms with Crippen molar-refractivity contribution in [2.24, 2.45) is 0 Å². The second-order valence-corrected chi connectivity index (χ2v) is 4.23. The van der Waals surface area contributed by atoms with Gasteiger partial charge in [0.2, 0.25) is 0 Å². The third kappa shape index (κ3) is 3.68. The average Bonchev–Trinajstić information content (AvgIpc) is 2.94. The Bertz CT molecular complexity index is 593. The Morgan fingerprint density at radius 2 is 1.95 bits per heavy atom. The van der Waals surface area contributed by atoms with E-state index < -0.39 is 5.97 Å². The Labute approximate surface area is 116 Å². The van der Waals surface area contributed by atoms with E-state index in [0.29, 0.717) is 18.7 Å². The van der Waals surface area contributed by atoms with Crippen LogP contribution in [0.15, 0.2) is 42.6 Å². The van der Waals surface area contributed by atoms with Crippen molar-refractivity contribution in [1.29, 1.82) is 0 Å². The zero-order valence-corrected chi connectivity index (χ0v) is 10.8. The third-order valence-electron chi connectivity index (χ3n) is 2.70. The number of hydrogen-bond donors (Lipinski definition) is 2. The summed E-state index contributed by atoms with van der Waals surface area (Å²) in [7, 11) is 0. The van der Waals surface area contributed by atoms with Gasteiger partial charge in [0.15, 0.2) is 5.69 Å². The van der Waals surface area contributed by atoms with Crippen molar-refractivity contribution in [2.75, 3.05) is 6.54 Å². The van der Waals surface area contributed by atoms with Gasteiger partial charge in [-0.3, -0.25) is 9.59 Å². The van der Waals surface area contributed by atoms with Gasteiger partial charge in [-0.2, -0.15) is 5.10 Å². The summed E-state index contributed by atoms with van der Waals surface area (Å²) >= 11 is 0. The van der Waals surface area contributed by atoms with Gasteiger partial charge < -0.3 is 10.4 Å². The molecule has 0 atom stereocenters. The number of aromatic nitrogens is 2. The van der Waals surface area contributed by atoms with E-state index in [1.54, 1.807) is 16.9 Å². The molecule has 2 rings (SSSR count). The van der Waals surface area contributed by atoms with Gasteiger partial charge in [-0.25, -0.2) is 4.68 Å². The molecule has 104 valence electrons. The summed E-state index contributed by atoms with van der Waals surface area (Å²) in [5.74, 6) is -1.17. The normalized spacial score (nSPS) is 10.2. The summed E-state index contributed by atoms with van der Waals surface area (Å²) < 4.78 is 1.62. The van der Waals surface area contributed by atoms with E-state index in [9.17, 15) is 9.59 Å². The van der Waals surface area contributed by atoms with Crippen LogP contribution < -0.4 is 5.32 Å². The van der Waals surface area contributed by atoms with Crippen LogP contribution in [0.3, 0.4) is 0 Å². The number of carboxylic acids is 1. The number of hydrogen-bond acceptors (Lipinski definition) is 3. The molecule has 0 aliphatic heterocycles. The van der Waals surface area contributed by atoms with Crippen molar-refractivity contribution in [2.45, 2.75) is 12.8 Å². The number of para-hydroxylation sites is 1. The average molecular weight is 273 g/mol. The lowest BCUT2D eigenvalue weighted by Gasteiger charge is -2.02. The fourth-order valence-electron chi connectivity index (χ4n) is 1.70. The number of carbonyl (C=O) groups is 2. The van der Waals surface area contributed by atoms with Gasteiger partial charge in [-0.15, -0.1) is 0 Å². The molecule has 0 aliphatic rings. The van der Waals surface area contributed by atoms with Gasteiger partial charge in [0.05, 0.1) is 5.69 Å². The lowest BCUT2D eigenvalue weighted by atomic mass is 10.3. The van der Waals surface area contributed by atoms with Crippen LogP contribution in [0.2, 0.25) is 0 Å². The van der Waals surface area contributed by atoms with Crippen molar-refractivity contribution >= 4 is 11.9 Å². The summed E-state index contributed by atoms with van der Waals surface area (Å²) in [6.45, 7) is 0.323. The maximum absolute atomic E-state index is 11.8. The standard InChI is InChI=1S/C14H15N3O3/c18-13(19)7-4-9-15-14(20)12-8-10-17(16-12)11-5-2-1-3-6-11/h1-3,5-6,8,10H,4,7,9H2,(H,15,20)(H,18,19). The molecule has 0 unspecified atom stereocenters. The second kappa shape index (κ2) is 6.51. The van der Waals surface area contributed by atoms with E-state index in [2.05, 4.69) is 10.4 Å². The van der Waals surface area contributed by atoms with Crippen LogP contribution in [0.4, 0.5) is 0 Å². The van der Waals surface area contributed by atoms with E-state index in [4.69, 9.17) is 5.11 Å². The summed E-state index contributed by atoms with van der Waals surface area (Å²) in [5, 5.41) is 15.3. The fourth-order valence-corrected chi connectivity index (χ4v) is 1.70. The molecule has 0 fully saturated rings. The first-order chi connectivity index (χ1) is 9.66. The third-order valence-corrected chi connectivity index (χ3v) is 2.70. The van der Waals surface area contributed by atoms with Crippen molar-refractivity contribution in [3.8, 4) is 5.69 Å². The van der Waals surface area contributed by atoms with Gasteiger partial charge in [0, 0.05) is 19.2 Å². The number of aliphatic carboxylic acids is 1. The lowest BCUT2D eigenvalue weighted by Crippen LogP contribution is -2.25. The number of nitrogens with one attached hydrogen (secondary N) is 1. The van der Waals surface area contributed by atoms with Crippen LogP contribution in [0.25, 0.3) is 5.69 Å². The Morgan fingerprint density at radius 3 is 2.65 bits per heavy atom. The van der Waals surface area contributed by atoms with Crippen molar-refractivity contribution < 1.29 is 14.7 Å². The molecule has 2 aromatic rings. The van der Waals surface area contributed by atoms with Gasteiger partial charge in [0.1, 0.15) is 0 Å². The molecule has 20 heavy (non-hydrogen) atoms. The Kier molecular flexibility index (Phi) is 4.49. The number of carbonyl (C=O) groups excluding carboxylic acids is 1. The van der Waals surface area contributed by atoms with Crippen molar-refractivity contribution in [3.63, 3.8) is 0 Å². The quantitative estimate of drug-likeness (QED) is 0.780. The Morgan fingerprint density at radius 1 is 1.20 bits per heavy atom. The van der Waals surface area contributed by atoms with Crippen LogP contribution in [0.1, 0.15) is 23.3 Å². The minimum absolute atomic E-state index is 0.0404. The number of nitrogens with zero attached hydrogens (tertiary/aromatic N) is 2. The van der Waals surface area contributed by atoms with Crippen molar-refractivity contribution in [3.05, 3.63) is 48.3 Å². The summed E-state index contributed by atoms with van der Waals surface area (Å²) in [5.41, 5.74) is 1.18. The number of amides is 1. The molecule has 0 spiro atoms. The van der Waals surface area contributed by atoms with E-state index >= 15 is 0 Å². The predicted octanol–water partition coefficient (Wildman–Crippen LogP) is 1.47. The molecule has 1 aromatic heterocycles. The van der Waals surface area contributed by atoms with Gasteiger partial charge in [-0.1, -0.05) is 18.2 Å². The van der Waals surface area contributed by atoms with Crippen LogP contribution in [0.5, 0.6) is 0 Å². The molecule has 1 aromatic carbocycles. The highest BCUT2D eigenvalue weighted by Crippen LogP contribution is 2.06. The van der Waals surface area contributed by atoms with Gasteiger partial charge in [-0.05, 0) is 24.6 Å². The molecule has 0 aliphatic carbocycles. The fraction of sp³-hybridized carbons (Fsp3) is 0.214. The molecule has 0 saturated carbocycles. The Hall–Kier alpha value is -2.63. The number of rotatable bonds is 6. The van der Waals surface area contributed by atoms with Crippen LogP contribution in [-0.4, -0.2) is 33.3 Å². The second-order valence-electron chi connectivity index (χ2n) is 4.23. The molecular formula is C14H15N3O3. The molecule has 1 heterocycles. The smallest absolute Gasteiger partial charge is 0.303 e. The zero-order valence-electron chi connectivity index (χ0n) is 10.8. The van der Waals surface area contributed by atoms with Gasteiger partial charge in [0.25, 0.3) is 5.91 Å². The Balaban J connectivity index is 1.92. The molecule has 6 nitrogen and oxygen atoms in total. The van der Waals surface area contributed by atoms with Crippen LogP contribution in [-0.2, 0) is 4.79 Å². The first kappa shape index (κ1) is 13.8. The highest BCUT2D eigenvalue weighted by atomic mass is 16.4. The highest BCUT2D eigenvalue weighted by Gasteiger charge is 2.09. The first-order valence-electron chi connectivity index (χ1n) is 6.28. The summed E-state index contributed by atoms with van der Waals surface area (Å²) in [4.78, 5) is 22.1. The first-order valence-corrected chi connectivity index (χ1v) is 6.28. The monoisotopic (exact) mass is 273 g/mol. The summed E-state index contributed by atoms with van der Waals surface area (Å²) in [6, 6.07) is 11.1. The van der Waals surface area contributed by atoms with Crippen LogP contribution >= 0.6 is 0 Å². The van der Waals surface area contributed by atoms with Crippen molar-refractivity contribution in [1.82, 2.24) is 15.1 Å². The minimum Gasteiger partial charge on any atom is -0.481 e. The van der Waals surface area contributed by atoms with E-state index in [1.165, 1.54) is 0 Å². The molecule has 6 heteroatoms. The number of benzene rings is 1. The maximum Gasteiger partial charge on any atom is 0.303 e. The molecule has 0 saturated heterocycles. The molecule has 0 radical (unpaired) electrons. The SMILES string of the molecule is O=C(O)CCCNC(=O)c1ccn(-c2ccccc2)n1. The van der Waals surface area contributed by atoms with Gasteiger partial charge >= 0.3 is 5.97 Å². The topological polar surface area (TPSA) is 84.2 Å². The van der Waals surface area contributed by atoms with Crippen LogP contribution in [0, 0.1) is 0 Å². The highest BCUT2D eigenvalue weighted by molar-refractivity contribution is 5.92.